The number of hydrogen-bond acceptors (Lipinski definition) is 2. The summed E-state index contributed by atoms with van der Waals surface area (Å²) in [4.78, 5) is 11.3. The van der Waals surface area contributed by atoms with Gasteiger partial charge < -0.3 is 4.74 Å². The van der Waals surface area contributed by atoms with Crippen LogP contribution in [0.2, 0.25) is 0 Å². The van der Waals surface area contributed by atoms with Crippen molar-refractivity contribution in [2.45, 2.75) is 6.92 Å². The molecule has 1 aromatic carbocycles. The van der Waals surface area contributed by atoms with E-state index in [0.717, 1.165) is 8.04 Å². The van der Waals surface area contributed by atoms with Gasteiger partial charge in [-0.25, -0.2) is 0 Å². The molecule has 0 fully saturated rings. The normalized spacial score (nSPS) is 9.85. The Morgan fingerprint density at radius 3 is 2.62 bits per heavy atom. The molecule has 1 aromatic rings. The summed E-state index contributed by atoms with van der Waals surface area (Å²) in [5, 5.41) is 0. The maximum atomic E-state index is 11.3. The minimum atomic E-state index is 0.0220. The predicted octanol–water partition coefficient (Wildman–Crippen LogP) is 3.26. The van der Waals surface area contributed by atoms with Crippen molar-refractivity contribution in [3.05, 3.63) is 25.7 Å². The van der Waals surface area contributed by atoms with E-state index < -0.39 is 0 Å². The van der Waals surface area contributed by atoms with Crippen LogP contribution < -0.4 is 4.74 Å². The fraction of sp³-hybridized carbons (Fsp3) is 0.222. The van der Waals surface area contributed by atoms with Gasteiger partial charge in [0.1, 0.15) is 5.75 Å². The molecule has 1 rings (SSSR count). The summed E-state index contributed by atoms with van der Waals surface area (Å²) in [5.74, 6) is 0.639. The highest BCUT2D eigenvalue weighted by Gasteiger charge is 2.12. The molecule has 0 bridgehead atoms. The van der Waals surface area contributed by atoms with Crippen molar-refractivity contribution in [3.63, 3.8) is 0 Å². The molecule has 2 nitrogen and oxygen atoms in total. The molecule has 0 spiro atoms. The first-order valence-electron chi connectivity index (χ1n) is 3.60. The molecule has 0 saturated heterocycles. The molecular weight excluding hydrogens is 347 g/mol. The molecule has 0 amide bonds. The summed E-state index contributed by atoms with van der Waals surface area (Å²) in [7, 11) is 1.56. The van der Waals surface area contributed by atoms with E-state index in [1.54, 1.807) is 13.2 Å². The summed E-state index contributed by atoms with van der Waals surface area (Å²) < 4.78 is 6.93. The Labute approximate surface area is 98.9 Å². The number of benzene rings is 1. The lowest BCUT2D eigenvalue weighted by atomic mass is 10.1. The summed E-state index contributed by atoms with van der Waals surface area (Å²) in [6.07, 6.45) is 0. The number of methoxy groups -OCH3 is 1. The third-order valence-electron chi connectivity index (χ3n) is 1.59. The van der Waals surface area contributed by atoms with Crippen molar-refractivity contribution >= 4 is 44.3 Å². The first-order valence-corrected chi connectivity index (χ1v) is 5.47. The average molecular weight is 355 g/mol. The summed E-state index contributed by atoms with van der Waals surface area (Å²) in [6.45, 7) is 1.54. The Balaban J connectivity index is 3.38. The van der Waals surface area contributed by atoms with E-state index in [1.165, 1.54) is 6.92 Å². The van der Waals surface area contributed by atoms with Gasteiger partial charge >= 0.3 is 0 Å². The van der Waals surface area contributed by atoms with E-state index in [1.807, 2.05) is 6.07 Å². The molecule has 0 radical (unpaired) electrons. The third-order valence-corrected chi connectivity index (χ3v) is 2.90. The second kappa shape index (κ2) is 4.41. The number of halogens is 2. The van der Waals surface area contributed by atoms with Crippen molar-refractivity contribution < 1.29 is 9.53 Å². The van der Waals surface area contributed by atoms with Crippen LogP contribution in [-0.4, -0.2) is 12.9 Å². The molecule has 0 aliphatic heterocycles. The van der Waals surface area contributed by atoms with Crippen molar-refractivity contribution in [2.75, 3.05) is 7.11 Å². The highest BCUT2D eigenvalue weighted by atomic mass is 127. The van der Waals surface area contributed by atoms with Gasteiger partial charge in [0.25, 0.3) is 0 Å². The predicted molar refractivity (Wildman–Crippen MR) is 63.4 cm³/mol. The minimum absolute atomic E-state index is 0.0220. The van der Waals surface area contributed by atoms with Gasteiger partial charge in [-0.15, -0.1) is 0 Å². The number of hydrogen-bond donors (Lipinski definition) is 0. The topological polar surface area (TPSA) is 26.3 Å². The summed E-state index contributed by atoms with van der Waals surface area (Å²) in [5.41, 5.74) is 0.645. The lowest BCUT2D eigenvalue weighted by Gasteiger charge is -2.08. The largest absolute Gasteiger partial charge is 0.496 e. The molecule has 4 heteroatoms. The van der Waals surface area contributed by atoms with Gasteiger partial charge in [0.15, 0.2) is 5.78 Å². The monoisotopic (exact) mass is 354 g/mol. The quantitative estimate of drug-likeness (QED) is 0.602. The summed E-state index contributed by atoms with van der Waals surface area (Å²) >= 11 is 5.46. The van der Waals surface area contributed by atoms with E-state index in [9.17, 15) is 4.79 Å². The van der Waals surface area contributed by atoms with Crippen molar-refractivity contribution in [1.29, 1.82) is 0 Å². The Hall–Kier alpha value is -0.100. The number of carbonyl (C=O) groups is 1. The second-order valence-electron chi connectivity index (χ2n) is 2.52. The van der Waals surface area contributed by atoms with E-state index in [2.05, 4.69) is 38.5 Å². The smallest absolute Gasteiger partial charge is 0.164 e. The lowest BCUT2D eigenvalue weighted by Crippen LogP contribution is -2.00. The van der Waals surface area contributed by atoms with Gasteiger partial charge in [-0.2, -0.15) is 0 Å². The molecule has 0 saturated carbocycles. The fourth-order valence-corrected chi connectivity index (χ4v) is 2.90. The van der Waals surface area contributed by atoms with Crippen LogP contribution in [0.3, 0.4) is 0 Å². The molecule has 0 aliphatic carbocycles. The molecule has 0 aromatic heterocycles. The van der Waals surface area contributed by atoms with Crippen LogP contribution in [0.1, 0.15) is 17.3 Å². The van der Waals surface area contributed by atoms with Crippen LogP contribution in [0.5, 0.6) is 5.75 Å². The zero-order chi connectivity index (χ0) is 10.0. The zero-order valence-electron chi connectivity index (χ0n) is 7.23. The molecule has 0 unspecified atom stereocenters. The molecule has 0 N–H and O–H groups in total. The molecule has 0 heterocycles. The van der Waals surface area contributed by atoms with Gasteiger partial charge in [-0.1, -0.05) is 15.9 Å². The van der Waals surface area contributed by atoms with Crippen LogP contribution in [-0.2, 0) is 0 Å². The van der Waals surface area contributed by atoms with Gasteiger partial charge in [0.05, 0.1) is 12.7 Å². The van der Waals surface area contributed by atoms with Crippen molar-refractivity contribution in [1.82, 2.24) is 0 Å². The number of ether oxygens (including phenoxy) is 1. The first kappa shape index (κ1) is 11.0. The van der Waals surface area contributed by atoms with Crippen molar-refractivity contribution in [3.8, 4) is 5.75 Å². The zero-order valence-corrected chi connectivity index (χ0v) is 11.0. The van der Waals surface area contributed by atoms with E-state index in [-0.39, 0.29) is 5.78 Å². The molecule has 0 aliphatic rings. The maximum Gasteiger partial charge on any atom is 0.164 e. The van der Waals surface area contributed by atoms with Crippen LogP contribution in [0.15, 0.2) is 16.6 Å². The van der Waals surface area contributed by atoms with Crippen LogP contribution in [0.4, 0.5) is 0 Å². The molecule has 13 heavy (non-hydrogen) atoms. The van der Waals surface area contributed by atoms with Gasteiger partial charge in [-0.05, 0) is 41.6 Å². The van der Waals surface area contributed by atoms with E-state index >= 15 is 0 Å². The Morgan fingerprint density at radius 2 is 2.15 bits per heavy atom. The van der Waals surface area contributed by atoms with Crippen LogP contribution in [0.25, 0.3) is 0 Å². The third kappa shape index (κ3) is 2.43. The minimum Gasteiger partial charge on any atom is -0.496 e. The lowest BCUT2D eigenvalue weighted by molar-refractivity contribution is 0.101. The standard InChI is InChI=1S/C9H8BrIO2/c1-5(12)9-7(11)3-6(10)4-8(9)13-2/h3-4H,1-2H3. The van der Waals surface area contributed by atoms with Crippen LogP contribution >= 0.6 is 38.5 Å². The number of rotatable bonds is 2. The van der Waals surface area contributed by atoms with Gasteiger partial charge in [0.2, 0.25) is 0 Å². The number of ketones is 1. The van der Waals surface area contributed by atoms with Crippen molar-refractivity contribution in [2.24, 2.45) is 0 Å². The number of carbonyl (C=O) groups excluding carboxylic acids is 1. The number of Topliss-reactive ketones (excluding diaryl/α,β-unsaturated/α-hetero) is 1. The maximum absolute atomic E-state index is 11.3. The van der Waals surface area contributed by atoms with E-state index in [0.29, 0.717) is 11.3 Å². The Bertz CT molecular complexity index is 350. The second-order valence-corrected chi connectivity index (χ2v) is 4.60. The highest BCUT2D eigenvalue weighted by Crippen LogP contribution is 2.28. The fourth-order valence-electron chi connectivity index (χ4n) is 1.05. The van der Waals surface area contributed by atoms with Crippen LogP contribution in [0, 0.1) is 3.57 Å². The summed E-state index contributed by atoms with van der Waals surface area (Å²) in [6, 6.07) is 3.68. The van der Waals surface area contributed by atoms with Gasteiger partial charge in [0, 0.05) is 8.04 Å². The highest BCUT2D eigenvalue weighted by molar-refractivity contribution is 14.1. The SMILES string of the molecule is COc1cc(Br)cc(I)c1C(C)=O. The molecule has 70 valence electrons. The molecular formula is C9H8BrIO2. The van der Waals surface area contributed by atoms with Gasteiger partial charge in [-0.3, -0.25) is 4.79 Å². The first-order chi connectivity index (χ1) is 6.06. The Kier molecular flexibility index (Phi) is 3.73. The Morgan fingerprint density at radius 1 is 1.54 bits per heavy atom. The average Bonchev–Trinajstić information content (AvgIpc) is 2.01. The molecule has 0 atom stereocenters. The van der Waals surface area contributed by atoms with E-state index in [4.69, 9.17) is 4.74 Å².